The number of carbonyl (C=O) groups excluding carboxylic acids is 3. The molecule has 0 spiro atoms. The average Bonchev–Trinajstić information content (AvgIpc) is 3.26. The van der Waals surface area contributed by atoms with Gasteiger partial charge < -0.3 is 10.3 Å². The number of hydrogen-bond acceptors (Lipinski definition) is 4. The fourth-order valence-electron chi connectivity index (χ4n) is 3.26. The summed E-state index contributed by atoms with van der Waals surface area (Å²) in [6.07, 6.45) is 1.17. The zero-order valence-corrected chi connectivity index (χ0v) is 15.3. The zero-order chi connectivity index (χ0) is 19.5. The van der Waals surface area contributed by atoms with E-state index in [1.54, 1.807) is 24.3 Å². The first-order chi connectivity index (χ1) is 13.6. The van der Waals surface area contributed by atoms with Gasteiger partial charge in [0.15, 0.2) is 0 Å². The minimum absolute atomic E-state index is 0.141. The highest BCUT2D eigenvalue weighted by Crippen LogP contribution is 2.16. The highest BCUT2D eigenvalue weighted by molar-refractivity contribution is 6.01. The van der Waals surface area contributed by atoms with Gasteiger partial charge in [-0.1, -0.05) is 24.3 Å². The van der Waals surface area contributed by atoms with E-state index in [1.807, 2.05) is 24.3 Å². The number of rotatable bonds is 6. The van der Waals surface area contributed by atoms with E-state index in [4.69, 9.17) is 0 Å². The molecule has 1 aromatic heterocycles. The molecule has 0 radical (unpaired) electrons. The third kappa shape index (κ3) is 3.78. The van der Waals surface area contributed by atoms with E-state index in [9.17, 15) is 14.4 Å². The van der Waals surface area contributed by atoms with Crippen molar-refractivity contribution in [3.63, 3.8) is 0 Å². The smallest absolute Gasteiger partial charge is 0.251 e. The molecule has 0 unspecified atom stereocenters. The van der Waals surface area contributed by atoms with Crippen molar-refractivity contribution in [2.75, 3.05) is 6.54 Å². The van der Waals surface area contributed by atoms with Gasteiger partial charge in [0.05, 0.1) is 17.6 Å². The van der Waals surface area contributed by atoms with Gasteiger partial charge in [-0.15, -0.1) is 0 Å². The number of aromatic amines is 1. The van der Waals surface area contributed by atoms with E-state index in [1.165, 1.54) is 4.90 Å². The minimum Gasteiger partial charge on any atom is -0.352 e. The van der Waals surface area contributed by atoms with Gasteiger partial charge in [-0.25, -0.2) is 4.98 Å². The maximum atomic E-state index is 12.3. The van der Waals surface area contributed by atoms with E-state index in [-0.39, 0.29) is 37.1 Å². The first-order valence-electron chi connectivity index (χ1n) is 9.24. The van der Waals surface area contributed by atoms with E-state index in [2.05, 4.69) is 15.3 Å². The second-order valence-electron chi connectivity index (χ2n) is 6.78. The Labute approximate surface area is 161 Å². The fourth-order valence-corrected chi connectivity index (χ4v) is 3.26. The second-order valence-corrected chi connectivity index (χ2v) is 6.78. The Kier molecular flexibility index (Phi) is 4.89. The number of amides is 3. The van der Waals surface area contributed by atoms with E-state index < -0.39 is 0 Å². The second kappa shape index (κ2) is 7.64. The van der Waals surface area contributed by atoms with Crippen molar-refractivity contribution in [3.05, 3.63) is 65.5 Å². The lowest BCUT2D eigenvalue weighted by atomic mass is 10.1. The van der Waals surface area contributed by atoms with Crippen LogP contribution in [-0.4, -0.2) is 39.1 Å². The first-order valence-corrected chi connectivity index (χ1v) is 9.24. The van der Waals surface area contributed by atoms with Gasteiger partial charge in [0.2, 0.25) is 11.8 Å². The summed E-state index contributed by atoms with van der Waals surface area (Å²) in [6.45, 7) is 0.725. The predicted molar refractivity (Wildman–Crippen MR) is 103 cm³/mol. The van der Waals surface area contributed by atoms with Crippen LogP contribution < -0.4 is 5.32 Å². The summed E-state index contributed by atoms with van der Waals surface area (Å²) in [6, 6.07) is 14.8. The van der Waals surface area contributed by atoms with Crippen molar-refractivity contribution < 1.29 is 14.4 Å². The Morgan fingerprint density at radius 2 is 1.75 bits per heavy atom. The molecule has 1 saturated heterocycles. The molecule has 1 fully saturated rings. The van der Waals surface area contributed by atoms with Gasteiger partial charge in [-0.2, -0.15) is 0 Å². The van der Waals surface area contributed by atoms with Crippen LogP contribution in [0.2, 0.25) is 0 Å². The largest absolute Gasteiger partial charge is 0.352 e. The van der Waals surface area contributed by atoms with Crippen molar-refractivity contribution in [1.29, 1.82) is 0 Å². The van der Waals surface area contributed by atoms with E-state index in [0.29, 0.717) is 18.5 Å². The van der Waals surface area contributed by atoms with Gasteiger partial charge in [0, 0.05) is 31.4 Å². The number of aromatic nitrogens is 2. The molecule has 1 aliphatic rings. The number of carbonyl (C=O) groups is 3. The molecule has 28 heavy (non-hydrogen) atoms. The molecule has 2 N–H and O–H groups in total. The number of nitrogens with zero attached hydrogens (tertiary/aromatic N) is 2. The van der Waals surface area contributed by atoms with Crippen LogP contribution in [-0.2, 0) is 22.6 Å². The number of fused-ring (bicyclic) bond motifs is 1. The summed E-state index contributed by atoms with van der Waals surface area (Å²) in [5.41, 5.74) is 3.25. The quantitative estimate of drug-likeness (QED) is 0.645. The van der Waals surface area contributed by atoms with Crippen molar-refractivity contribution in [2.24, 2.45) is 0 Å². The van der Waals surface area contributed by atoms with Crippen molar-refractivity contribution in [2.45, 2.75) is 25.8 Å². The third-order valence-electron chi connectivity index (χ3n) is 4.80. The Hall–Kier alpha value is -3.48. The molecule has 0 bridgehead atoms. The lowest BCUT2D eigenvalue weighted by molar-refractivity contribution is -0.139. The number of imidazole rings is 1. The standard InChI is InChI=1S/C21H20N4O3/c26-19-9-10-20(27)25(19)13-14-5-7-15(8-6-14)21(28)22-12-11-18-23-16-3-1-2-4-17(16)24-18/h1-8H,9-13H2,(H,22,28)(H,23,24). The summed E-state index contributed by atoms with van der Waals surface area (Å²) in [7, 11) is 0. The molecule has 4 rings (SSSR count). The number of benzene rings is 2. The van der Waals surface area contributed by atoms with Crippen molar-refractivity contribution in [1.82, 2.24) is 20.2 Å². The highest BCUT2D eigenvalue weighted by Gasteiger charge is 2.28. The normalized spacial score (nSPS) is 14.1. The van der Waals surface area contributed by atoms with Crippen LogP contribution >= 0.6 is 0 Å². The van der Waals surface area contributed by atoms with Crippen LogP contribution in [0.15, 0.2) is 48.5 Å². The highest BCUT2D eigenvalue weighted by atomic mass is 16.2. The van der Waals surface area contributed by atoms with Gasteiger partial charge in [-0.05, 0) is 29.8 Å². The molecular weight excluding hydrogens is 356 g/mol. The van der Waals surface area contributed by atoms with Gasteiger partial charge >= 0.3 is 0 Å². The third-order valence-corrected chi connectivity index (χ3v) is 4.80. The molecule has 2 aromatic carbocycles. The molecule has 7 nitrogen and oxygen atoms in total. The lowest BCUT2D eigenvalue weighted by Crippen LogP contribution is -2.28. The Bertz CT molecular complexity index is 990. The van der Waals surface area contributed by atoms with Crippen LogP contribution in [0.5, 0.6) is 0 Å². The maximum absolute atomic E-state index is 12.3. The number of imide groups is 1. The number of nitrogens with one attached hydrogen (secondary N) is 2. The van der Waals surface area contributed by atoms with E-state index in [0.717, 1.165) is 22.4 Å². The molecule has 0 aliphatic carbocycles. The minimum atomic E-state index is -0.170. The SMILES string of the molecule is O=C(NCCc1nc2ccccc2[nH]1)c1ccc(CN2C(=O)CCC2=O)cc1. The number of para-hydroxylation sites is 2. The Balaban J connectivity index is 1.30. The number of likely N-dealkylation sites (tertiary alicyclic amines) is 1. The Morgan fingerprint density at radius 3 is 2.46 bits per heavy atom. The maximum Gasteiger partial charge on any atom is 0.251 e. The number of hydrogen-bond donors (Lipinski definition) is 2. The summed E-state index contributed by atoms with van der Waals surface area (Å²) in [4.78, 5) is 44.7. The molecule has 2 heterocycles. The van der Waals surface area contributed by atoms with Crippen molar-refractivity contribution in [3.8, 4) is 0 Å². The van der Waals surface area contributed by atoms with Crippen LogP contribution in [0.4, 0.5) is 0 Å². The molecule has 7 heteroatoms. The van der Waals surface area contributed by atoms with Crippen LogP contribution in [0.25, 0.3) is 11.0 Å². The molecule has 3 aromatic rings. The summed E-state index contributed by atoms with van der Waals surface area (Å²) in [5, 5.41) is 2.88. The van der Waals surface area contributed by atoms with Crippen LogP contribution in [0.3, 0.4) is 0 Å². The van der Waals surface area contributed by atoms with Gasteiger partial charge in [0.25, 0.3) is 5.91 Å². The fraction of sp³-hybridized carbons (Fsp3) is 0.238. The molecule has 1 aliphatic heterocycles. The van der Waals surface area contributed by atoms with Gasteiger partial charge in [-0.3, -0.25) is 19.3 Å². The first kappa shape index (κ1) is 17.9. The van der Waals surface area contributed by atoms with Crippen LogP contribution in [0, 0.1) is 0 Å². The molecular formula is C21H20N4O3. The number of H-pyrrole nitrogens is 1. The zero-order valence-electron chi connectivity index (χ0n) is 15.3. The lowest BCUT2D eigenvalue weighted by Gasteiger charge is -2.14. The average molecular weight is 376 g/mol. The van der Waals surface area contributed by atoms with E-state index >= 15 is 0 Å². The van der Waals surface area contributed by atoms with Crippen molar-refractivity contribution >= 4 is 28.8 Å². The summed E-state index contributed by atoms with van der Waals surface area (Å²) in [5.74, 6) is 0.377. The summed E-state index contributed by atoms with van der Waals surface area (Å²) >= 11 is 0. The molecule has 3 amide bonds. The Morgan fingerprint density at radius 1 is 1.04 bits per heavy atom. The monoisotopic (exact) mass is 376 g/mol. The molecule has 0 saturated carbocycles. The summed E-state index contributed by atoms with van der Waals surface area (Å²) < 4.78 is 0. The topological polar surface area (TPSA) is 95.2 Å². The van der Waals surface area contributed by atoms with Gasteiger partial charge in [0.1, 0.15) is 5.82 Å². The predicted octanol–water partition coefficient (Wildman–Crippen LogP) is 2.18. The van der Waals surface area contributed by atoms with Crippen LogP contribution in [0.1, 0.15) is 34.6 Å². The molecule has 142 valence electrons. The molecule has 0 atom stereocenters.